The monoisotopic (exact) mass is 461 g/mol. The molecule has 34 heavy (non-hydrogen) atoms. The highest BCUT2D eigenvalue weighted by Crippen LogP contribution is 2.41. The SMILES string of the molecule is COc1ccc(/C(O)=C2/C(=O)C(=O)N(Cc3ccc(F)cc3)C2c2cccc(C)c2)cc1OC. The summed E-state index contributed by atoms with van der Waals surface area (Å²) in [5.74, 6) is -1.40. The quantitative estimate of drug-likeness (QED) is 0.325. The highest BCUT2D eigenvalue weighted by atomic mass is 19.1. The number of ether oxygens (including phenoxy) is 2. The summed E-state index contributed by atoms with van der Waals surface area (Å²) in [5, 5.41) is 11.2. The van der Waals surface area contributed by atoms with Crippen molar-refractivity contribution in [3.05, 3.63) is 100 Å². The van der Waals surface area contributed by atoms with E-state index in [2.05, 4.69) is 0 Å². The molecule has 0 aromatic heterocycles. The van der Waals surface area contributed by atoms with Gasteiger partial charge in [0.25, 0.3) is 11.7 Å². The Morgan fingerprint density at radius 1 is 0.971 bits per heavy atom. The second-order valence-corrected chi connectivity index (χ2v) is 8.04. The fourth-order valence-corrected chi connectivity index (χ4v) is 4.16. The van der Waals surface area contributed by atoms with Crippen molar-refractivity contribution in [1.82, 2.24) is 4.90 Å². The van der Waals surface area contributed by atoms with Crippen molar-refractivity contribution < 1.29 is 28.6 Å². The molecule has 3 aromatic carbocycles. The Kier molecular flexibility index (Phi) is 6.36. The molecule has 0 spiro atoms. The minimum atomic E-state index is -0.821. The molecule has 1 unspecified atom stereocenters. The second-order valence-electron chi connectivity index (χ2n) is 8.04. The Labute approximate surface area is 196 Å². The molecule has 7 heteroatoms. The predicted molar refractivity (Wildman–Crippen MR) is 125 cm³/mol. The lowest BCUT2D eigenvalue weighted by Crippen LogP contribution is -2.29. The van der Waals surface area contributed by atoms with Crippen LogP contribution >= 0.6 is 0 Å². The number of aryl methyl sites for hydroxylation is 1. The number of aliphatic hydroxyl groups excluding tert-OH is 1. The van der Waals surface area contributed by atoms with Crippen molar-refractivity contribution in [3.63, 3.8) is 0 Å². The molecule has 0 radical (unpaired) electrons. The number of amides is 1. The van der Waals surface area contributed by atoms with E-state index in [1.807, 2.05) is 31.2 Å². The summed E-state index contributed by atoms with van der Waals surface area (Å²) < 4.78 is 24.0. The number of likely N-dealkylation sites (tertiary alicyclic amines) is 1. The first-order valence-electron chi connectivity index (χ1n) is 10.7. The van der Waals surface area contributed by atoms with E-state index in [0.717, 1.165) is 5.56 Å². The van der Waals surface area contributed by atoms with Crippen LogP contribution in [0, 0.1) is 12.7 Å². The first-order valence-corrected chi connectivity index (χ1v) is 10.7. The molecule has 1 aliphatic rings. The Morgan fingerprint density at radius 2 is 1.68 bits per heavy atom. The van der Waals surface area contributed by atoms with Crippen molar-refractivity contribution in [1.29, 1.82) is 0 Å². The molecule has 6 nitrogen and oxygen atoms in total. The zero-order valence-corrected chi connectivity index (χ0v) is 19.0. The summed E-state index contributed by atoms with van der Waals surface area (Å²) in [7, 11) is 2.96. The maximum atomic E-state index is 13.4. The average Bonchev–Trinajstić information content (AvgIpc) is 3.09. The van der Waals surface area contributed by atoms with Crippen molar-refractivity contribution in [2.45, 2.75) is 19.5 Å². The molecule has 1 atom stereocenters. The normalized spacial score (nSPS) is 17.2. The van der Waals surface area contributed by atoms with Crippen LogP contribution in [0.5, 0.6) is 11.5 Å². The van der Waals surface area contributed by atoms with E-state index in [1.54, 1.807) is 30.3 Å². The van der Waals surface area contributed by atoms with Crippen molar-refractivity contribution >= 4 is 17.4 Å². The van der Waals surface area contributed by atoms with Gasteiger partial charge in [0.05, 0.1) is 25.8 Å². The fourth-order valence-electron chi connectivity index (χ4n) is 4.16. The summed E-state index contributed by atoms with van der Waals surface area (Å²) in [5.41, 5.74) is 2.58. The number of carbonyl (C=O) groups excluding carboxylic acids is 2. The number of hydrogen-bond acceptors (Lipinski definition) is 5. The molecule has 1 saturated heterocycles. The number of ketones is 1. The molecule has 0 saturated carbocycles. The third-order valence-corrected chi connectivity index (χ3v) is 5.82. The van der Waals surface area contributed by atoms with E-state index in [1.165, 1.54) is 31.3 Å². The van der Waals surface area contributed by atoms with Gasteiger partial charge in [0, 0.05) is 12.1 Å². The summed E-state index contributed by atoms with van der Waals surface area (Å²) in [6.07, 6.45) is 0. The number of halogens is 1. The summed E-state index contributed by atoms with van der Waals surface area (Å²) in [6, 6.07) is 17.1. The number of rotatable bonds is 6. The topological polar surface area (TPSA) is 76.1 Å². The molecule has 3 aromatic rings. The Hall–Kier alpha value is -4.13. The summed E-state index contributed by atoms with van der Waals surface area (Å²) >= 11 is 0. The van der Waals surface area contributed by atoms with Gasteiger partial charge in [0.1, 0.15) is 11.6 Å². The maximum absolute atomic E-state index is 13.4. The van der Waals surface area contributed by atoms with E-state index >= 15 is 0 Å². The number of carbonyl (C=O) groups is 2. The summed E-state index contributed by atoms with van der Waals surface area (Å²) in [4.78, 5) is 27.7. The third-order valence-electron chi connectivity index (χ3n) is 5.82. The Balaban J connectivity index is 1.86. The molecule has 174 valence electrons. The zero-order valence-electron chi connectivity index (χ0n) is 19.0. The average molecular weight is 461 g/mol. The van der Waals surface area contributed by atoms with Crippen molar-refractivity contribution in [2.24, 2.45) is 0 Å². The van der Waals surface area contributed by atoms with E-state index in [4.69, 9.17) is 9.47 Å². The van der Waals surface area contributed by atoms with Crippen LogP contribution in [0.4, 0.5) is 4.39 Å². The standard InChI is InChI=1S/C27H24FNO5/c1-16-5-4-6-18(13-16)24-23(25(30)19-9-12-21(33-2)22(14-19)34-3)26(31)27(32)29(24)15-17-7-10-20(28)11-8-17/h4-14,24,30H,15H2,1-3H3/b25-23-. The molecular weight excluding hydrogens is 437 g/mol. The number of methoxy groups -OCH3 is 2. The molecule has 1 fully saturated rings. The Morgan fingerprint density at radius 3 is 2.32 bits per heavy atom. The lowest BCUT2D eigenvalue weighted by Gasteiger charge is -2.26. The maximum Gasteiger partial charge on any atom is 0.295 e. The molecule has 1 heterocycles. The van der Waals surface area contributed by atoms with Crippen LogP contribution < -0.4 is 9.47 Å². The van der Waals surface area contributed by atoms with Crippen LogP contribution in [0.3, 0.4) is 0 Å². The number of nitrogens with zero attached hydrogens (tertiary/aromatic N) is 1. The fraction of sp³-hybridized carbons (Fsp3) is 0.185. The van der Waals surface area contributed by atoms with Crippen LogP contribution in [0.15, 0.2) is 72.3 Å². The third kappa shape index (κ3) is 4.24. The number of aliphatic hydroxyl groups is 1. The minimum Gasteiger partial charge on any atom is -0.507 e. The lowest BCUT2D eigenvalue weighted by molar-refractivity contribution is -0.140. The van der Waals surface area contributed by atoms with Gasteiger partial charge in [-0.1, -0.05) is 42.0 Å². The van der Waals surface area contributed by atoms with E-state index in [9.17, 15) is 19.1 Å². The number of benzene rings is 3. The van der Waals surface area contributed by atoms with Crippen LogP contribution in [-0.2, 0) is 16.1 Å². The zero-order chi connectivity index (χ0) is 24.4. The van der Waals surface area contributed by atoms with Crippen LogP contribution in [0.25, 0.3) is 5.76 Å². The van der Waals surface area contributed by atoms with Crippen LogP contribution in [-0.4, -0.2) is 35.9 Å². The summed E-state index contributed by atoms with van der Waals surface area (Å²) in [6.45, 7) is 1.98. The van der Waals surface area contributed by atoms with Gasteiger partial charge in [-0.2, -0.15) is 0 Å². The largest absolute Gasteiger partial charge is 0.507 e. The molecule has 0 bridgehead atoms. The predicted octanol–water partition coefficient (Wildman–Crippen LogP) is 4.77. The van der Waals surface area contributed by atoms with Gasteiger partial charge in [-0.3, -0.25) is 9.59 Å². The van der Waals surface area contributed by atoms with Gasteiger partial charge in [-0.25, -0.2) is 4.39 Å². The van der Waals surface area contributed by atoms with Crippen LogP contribution in [0.1, 0.15) is 28.3 Å². The van der Waals surface area contributed by atoms with Gasteiger partial charge >= 0.3 is 0 Å². The van der Waals surface area contributed by atoms with Crippen molar-refractivity contribution in [2.75, 3.05) is 14.2 Å². The number of hydrogen-bond donors (Lipinski definition) is 1. The molecule has 1 aliphatic heterocycles. The minimum absolute atomic E-state index is 0.0232. The number of Topliss-reactive ketones (excluding diaryl/α,β-unsaturated/α-hetero) is 1. The van der Waals surface area contributed by atoms with E-state index in [-0.39, 0.29) is 17.9 Å². The van der Waals surface area contributed by atoms with Gasteiger partial charge in [0.15, 0.2) is 11.5 Å². The van der Waals surface area contributed by atoms with Gasteiger partial charge < -0.3 is 19.5 Å². The van der Waals surface area contributed by atoms with E-state index < -0.39 is 23.5 Å². The highest BCUT2D eigenvalue weighted by molar-refractivity contribution is 6.46. The van der Waals surface area contributed by atoms with E-state index in [0.29, 0.717) is 28.2 Å². The highest BCUT2D eigenvalue weighted by Gasteiger charge is 2.46. The van der Waals surface area contributed by atoms with Crippen molar-refractivity contribution in [3.8, 4) is 11.5 Å². The first kappa shape index (κ1) is 23.0. The van der Waals surface area contributed by atoms with Gasteiger partial charge in [-0.15, -0.1) is 0 Å². The van der Waals surface area contributed by atoms with Crippen LogP contribution in [0.2, 0.25) is 0 Å². The smallest absolute Gasteiger partial charge is 0.295 e. The second kappa shape index (κ2) is 9.39. The molecule has 1 N–H and O–H groups in total. The molecule has 1 amide bonds. The Bertz CT molecular complexity index is 1280. The van der Waals surface area contributed by atoms with Gasteiger partial charge in [-0.05, 0) is 48.4 Å². The molecular formula is C27H24FNO5. The lowest BCUT2D eigenvalue weighted by atomic mass is 9.94. The first-order chi connectivity index (χ1) is 16.3. The molecule has 4 rings (SSSR count). The van der Waals surface area contributed by atoms with Gasteiger partial charge in [0.2, 0.25) is 0 Å². The molecule has 0 aliphatic carbocycles.